The van der Waals surface area contributed by atoms with Gasteiger partial charge in [0.15, 0.2) is 5.96 Å². The standard InChI is InChI=1S/C24H35N7.HI/c1-3-29-13-15-30(16-14-29)23-17-20(9-11-26-23)18-27-24(25-2)28-21-10-12-31(19-21)22-7-5-4-6-8-22;/h4-9,11,17,21H,3,10,12-16,18-19H2,1-2H3,(H2,25,27,28);1H. The summed E-state index contributed by atoms with van der Waals surface area (Å²) in [6, 6.07) is 15.3. The van der Waals surface area contributed by atoms with E-state index >= 15 is 0 Å². The summed E-state index contributed by atoms with van der Waals surface area (Å²) in [5, 5.41) is 7.07. The minimum Gasteiger partial charge on any atom is -0.369 e. The topological polar surface area (TPSA) is 59.0 Å². The van der Waals surface area contributed by atoms with Crippen molar-refractivity contribution in [2.24, 2.45) is 4.99 Å². The normalized spacial score (nSPS) is 19.6. The van der Waals surface area contributed by atoms with Gasteiger partial charge in [-0.25, -0.2) is 4.98 Å². The van der Waals surface area contributed by atoms with Gasteiger partial charge in [-0.15, -0.1) is 24.0 Å². The van der Waals surface area contributed by atoms with Crippen LogP contribution in [-0.2, 0) is 6.54 Å². The maximum atomic E-state index is 4.61. The predicted octanol–water partition coefficient (Wildman–Crippen LogP) is 2.79. The molecule has 2 aliphatic rings. The lowest BCUT2D eigenvalue weighted by molar-refractivity contribution is 0.270. The molecule has 0 spiro atoms. The molecule has 2 N–H and O–H groups in total. The van der Waals surface area contributed by atoms with E-state index in [-0.39, 0.29) is 24.0 Å². The molecule has 2 aromatic rings. The van der Waals surface area contributed by atoms with Crippen LogP contribution in [0, 0.1) is 0 Å². The van der Waals surface area contributed by atoms with E-state index in [1.165, 1.54) is 11.3 Å². The van der Waals surface area contributed by atoms with Crippen LogP contribution in [0.5, 0.6) is 0 Å². The van der Waals surface area contributed by atoms with Gasteiger partial charge in [0.2, 0.25) is 0 Å². The SMILES string of the molecule is CCN1CCN(c2cc(CNC(=NC)NC3CCN(c4ccccc4)C3)ccn2)CC1.I. The number of para-hydroxylation sites is 1. The highest BCUT2D eigenvalue weighted by atomic mass is 127. The number of pyridine rings is 1. The summed E-state index contributed by atoms with van der Waals surface area (Å²) < 4.78 is 0. The molecule has 1 aromatic carbocycles. The number of likely N-dealkylation sites (N-methyl/N-ethyl adjacent to an activating group) is 1. The van der Waals surface area contributed by atoms with E-state index in [9.17, 15) is 0 Å². The van der Waals surface area contributed by atoms with Crippen LogP contribution in [0.1, 0.15) is 18.9 Å². The van der Waals surface area contributed by atoms with Crippen molar-refractivity contribution < 1.29 is 0 Å². The highest BCUT2D eigenvalue weighted by Gasteiger charge is 2.23. The number of nitrogens with zero attached hydrogens (tertiary/aromatic N) is 5. The number of aliphatic imine (C=N–C) groups is 1. The fraction of sp³-hybridized carbons (Fsp3) is 0.500. The molecule has 4 rings (SSSR count). The molecule has 0 radical (unpaired) electrons. The third-order valence-corrected chi connectivity index (χ3v) is 6.29. The largest absolute Gasteiger partial charge is 0.369 e. The van der Waals surface area contributed by atoms with Gasteiger partial charge in [-0.1, -0.05) is 25.1 Å². The molecule has 2 saturated heterocycles. The number of benzene rings is 1. The summed E-state index contributed by atoms with van der Waals surface area (Å²) >= 11 is 0. The van der Waals surface area contributed by atoms with Crippen molar-refractivity contribution in [1.82, 2.24) is 20.5 Å². The molecular weight excluding hydrogens is 513 g/mol. The summed E-state index contributed by atoms with van der Waals surface area (Å²) in [6.45, 7) is 10.5. The van der Waals surface area contributed by atoms with Crippen molar-refractivity contribution in [3.05, 3.63) is 54.2 Å². The number of nitrogens with one attached hydrogen (secondary N) is 2. The van der Waals surface area contributed by atoms with Crippen molar-refractivity contribution >= 4 is 41.4 Å². The quantitative estimate of drug-likeness (QED) is 0.329. The van der Waals surface area contributed by atoms with E-state index in [1.807, 2.05) is 13.2 Å². The van der Waals surface area contributed by atoms with Gasteiger partial charge in [-0.05, 0) is 42.8 Å². The second-order valence-electron chi connectivity index (χ2n) is 8.28. The summed E-state index contributed by atoms with van der Waals surface area (Å²) in [5.74, 6) is 1.93. The van der Waals surface area contributed by atoms with Gasteiger partial charge in [0.1, 0.15) is 5.82 Å². The van der Waals surface area contributed by atoms with Crippen molar-refractivity contribution in [1.29, 1.82) is 0 Å². The first-order chi connectivity index (χ1) is 15.2. The van der Waals surface area contributed by atoms with Crippen molar-refractivity contribution in [2.75, 3.05) is 62.7 Å². The Morgan fingerprint density at radius 1 is 1.06 bits per heavy atom. The second-order valence-corrected chi connectivity index (χ2v) is 8.28. The molecule has 0 saturated carbocycles. The van der Waals surface area contributed by atoms with Gasteiger partial charge in [0.05, 0.1) is 0 Å². The van der Waals surface area contributed by atoms with E-state index in [0.29, 0.717) is 6.04 Å². The van der Waals surface area contributed by atoms with Crippen LogP contribution in [0.2, 0.25) is 0 Å². The van der Waals surface area contributed by atoms with Crippen LogP contribution >= 0.6 is 24.0 Å². The minimum atomic E-state index is 0. The molecule has 32 heavy (non-hydrogen) atoms. The first kappa shape index (κ1) is 24.6. The first-order valence-electron chi connectivity index (χ1n) is 11.4. The number of halogens is 1. The highest BCUT2D eigenvalue weighted by Crippen LogP contribution is 2.19. The van der Waals surface area contributed by atoms with E-state index in [0.717, 1.165) is 70.6 Å². The molecule has 0 bridgehead atoms. The van der Waals surface area contributed by atoms with Crippen molar-refractivity contribution in [2.45, 2.75) is 25.9 Å². The van der Waals surface area contributed by atoms with Gasteiger partial charge in [-0.3, -0.25) is 4.99 Å². The van der Waals surface area contributed by atoms with Crippen LogP contribution in [-0.4, -0.2) is 74.7 Å². The molecule has 8 heteroatoms. The van der Waals surface area contributed by atoms with Gasteiger partial charge >= 0.3 is 0 Å². The number of hydrogen-bond acceptors (Lipinski definition) is 5. The number of guanidine groups is 1. The van der Waals surface area contributed by atoms with Crippen LogP contribution in [0.3, 0.4) is 0 Å². The third kappa shape index (κ3) is 6.48. The Kier molecular flexibility index (Phi) is 9.40. The predicted molar refractivity (Wildman–Crippen MR) is 144 cm³/mol. The maximum absolute atomic E-state index is 4.61. The van der Waals surface area contributed by atoms with Gasteiger partial charge in [-0.2, -0.15) is 0 Å². The van der Waals surface area contributed by atoms with E-state index in [2.05, 4.69) is 84.7 Å². The van der Waals surface area contributed by atoms with Gasteiger partial charge in [0, 0.05) is 70.8 Å². The minimum absolute atomic E-state index is 0. The van der Waals surface area contributed by atoms with Gasteiger partial charge in [0.25, 0.3) is 0 Å². The fourth-order valence-corrected chi connectivity index (χ4v) is 4.36. The molecule has 0 amide bonds. The monoisotopic (exact) mass is 549 g/mol. The molecule has 1 unspecified atom stereocenters. The van der Waals surface area contributed by atoms with E-state index < -0.39 is 0 Å². The Hall–Kier alpha value is -2.07. The average Bonchev–Trinajstić information content (AvgIpc) is 3.31. The smallest absolute Gasteiger partial charge is 0.191 e. The zero-order chi connectivity index (χ0) is 21.5. The molecular formula is C24H36IN7. The number of aromatic nitrogens is 1. The average molecular weight is 550 g/mol. The lowest BCUT2D eigenvalue weighted by Gasteiger charge is -2.34. The Bertz CT molecular complexity index is 852. The number of rotatable bonds is 6. The number of piperazine rings is 1. The van der Waals surface area contributed by atoms with Crippen LogP contribution in [0.4, 0.5) is 11.5 Å². The number of hydrogen-bond donors (Lipinski definition) is 2. The lowest BCUT2D eigenvalue weighted by atomic mass is 10.2. The van der Waals surface area contributed by atoms with Gasteiger partial charge < -0.3 is 25.3 Å². The Morgan fingerprint density at radius 3 is 2.56 bits per heavy atom. The zero-order valence-electron chi connectivity index (χ0n) is 19.2. The van der Waals surface area contributed by atoms with Crippen LogP contribution in [0.15, 0.2) is 53.7 Å². The van der Waals surface area contributed by atoms with Crippen molar-refractivity contribution in [3.63, 3.8) is 0 Å². The maximum Gasteiger partial charge on any atom is 0.191 e. The summed E-state index contributed by atoms with van der Waals surface area (Å²) in [7, 11) is 1.84. The molecule has 1 aromatic heterocycles. The summed E-state index contributed by atoms with van der Waals surface area (Å²) in [4.78, 5) is 16.4. The van der Waals surface area contributed by atoms with Crippen molar-refractivity contribution in [3.8, 4) is 0 Å². The lowest BCUT2D eigenvalue weighted by Crippen LogP contribution is -2.46. The Morgan fingerprint density at radius 2 is 1.84 bits per heavy atom. The summed E-state index contributed by atoms with van der Waals surface area (Å²) in [6.07, 6.45) is 3.03. The highest BCUT2D eigenvalue weighted by molar-refractivity contribution is 14.0. The Balaban J connectivity index is 0.00000289. The molecule has 174 valence electrons. The molecule has 3 heterocycles. The summed E-state index contributed by atoms with van der Waals surface area (Å²) in [5.41, 5.74) is 2.52. The molecule has 2 aliphatic heterocycles. The van der Waals surface area contributed by atoms with Crippen LogP contribution < -0.4 is 20.4 Å². The molecule has 7 nitrogen and oxygen atoms in total. The molecule has 2 fully saturated rings. The molecule has 1 atom stereocenters. The Labute approximate surface area is 209 Å². The number of anilines is 2. The van der Waals surface area contributed by atoms with Crippen LogP contribution in [0.25, 0.3) is 0 Å². The third-order valence-electron chi connectivity index (χ3n) is 6.29. The first-order valence-corrected chi connectivity index (χ1v) is 11.4. The zero-order valence-corrected chi connectivity index (χ0v) is 21.5. The second kappa shape index (κ2) is 12.2. The fourth-order valence-electron chi connectivity index (χ4n) is 4.36. The van der Waals surface area contributed by atoms with E-state index in [1.54, 1.807) is 0 Å². The molecule has 0 aliphatic carbocycles. The van der Waals surface area contributed by atoms with E-state index in [4.69, 9.17) is 0 Å².